The van der Waals surface area contributed by atoms with Gasteiger partial charge >= 0.3 is 5.97 Å². The van der Waals surface area contributed by atoms with Crippen LogP contribution < -0.4 is 10.2 Å². The van der Waals surface area contributed by atoms with Crippen LogP contribution >= 0.6 is 0 Å². The first kappa shape index (κ1) is 18.7. The smallest absolute Gasteiger partial charge is 0.338 e. The van der Waals surface area contributed by atoms with E-state index in [0.717, 1.165) is 11.4 Å². The maximum atomic E-state index is 12.2. The summed E-state index contributed by atoms with van der Waals surface area (Å²) >= 11 is 0. The van der Waals surface area contributed by atoms with Gasteiger partial charge in [0.2, 0.25) is 0 Å². The van der Waals surface area contributed by atoms with Crippen LogP contribution in [0.25, 0.3) is 0 Å². The molecule has 2 aromatic carbocycles. The van der Waals surface area contributed by atoms with Crippen LogP contribution in [0, 0.1) is 6.92 Å². The molecule has 5 nitrogen and oxygen atoms in total. The number of ether oxygens (including phenoxy) is 1. The van der Waals surface area contributed by atoms with Gasteiger partial charge in [0.15, 0.2) is 6.54 Å². The Labute approximate surface area is 148 Å². The number of benzene rings is 2. The highest BCUT2D eigenvalue weighted by atomic mass is 16.5. The third kappa shape index (κ3) is 5.72. The maximum absolute atomic E-state index is 12.2. The summed E-state index contributed by atoms with van der Waals surface area (Å²) in [6.07, 6.45) is 0. The summed E-state index contributed by atoms with van der Waals surface area (Å²) in [5.74, 6) is -0.419. The highest BCUT2D eigenvalue weighted by Gasteiger charge is 2.12. The number of aryl methyl sites for hydroxylation is 1. The second kappa shape index (κ2) is 8.99. The highest BCUT2D eigenvalue weighted by Crippen LogP contribution is 2.10. The summed E-state index contributed by atoms with van der Waals surface area (Å²) in [4.78, 5) is 24.9. The van der Waals surface area contributed by atoms with Crippen LogP contribution in [0.4, 0.5) is 5.69 Å². The fraction of sp³-hybridized carbons (Fsp3) is 0.300. The number of amides is 1. The van der Waals surface area contributed by atoms with Crippen LogP contribution in [-0.4, -0.2) is 32.1 Å². The fourth-order valence-electron chi connectivity index (χ4n) is 2.58. The fourth-order valence-corrected chi connectivity index (χ4v) is 2.58. The summed E-state index contributed by atoms with van der Waals surface area (Å²) < 4.78 is 4.94. The Morgan fingerprint density at radius 1 is 1.08 bits per heavy atom. The van der Waals surface area contributed by atoms with E-state index < -0.39 is 0 Å². The molecular weight excluding hydrogens is 316 g/mol. The predicted molar refractivity (Wildman–Crippen MR) is 97.7 cm³/mol. The Bertz CT molecular complexity index is 726. The first-order chi connectivity index (χ1) is 12.0. The van der Waals surface area contributed by atoms with E-state index in [1.54, 1.807) is 31.2 Å². The number of nitrogens with one attached hydrogen (secondary N) is 2. The van der Waals surface area contributed by atoms with Crippen LogP contribution in [0.15, 0.2) is 48.5 Å². The number of quaternary nitrogens is 1. The number of carbonyl (C=O) groups is 2. The van der Waals surface area contributed by atoms with Gasteiger partial charge in [-0.1, -0.05) is 24.3 Å². The first-order valence-corrected chi connectivity index (χ1v) is 8.42. The van der Waals surface area contributed by atoms with Crippen molar-refractivity contribution in [2.75, 3.05) is 25.5 Å². The molecule has 0 aromatic heterocycles. The number of carbonyl (C=O) groups excluding carboxylic acids is 2. The Morgan fingerprint density at radius 2 is 1.76 bits per heavy atom. The molecule has 1 atom stereocenters. The molecule has 0 aliphatic heterocycles. The van der Waals surface area contributed by atoms with Gasteiger partial charge in [0.1, 0.15) is 6.54 Å². The van der Waals surface area contributed by atoms with Crippen molar-refractivity contribution in [1.29, 1.82) is 0 Å². The van der Waals surface area contributed by atoms with Crippen molar-refractivity contribution in [3.8, 4) is 0 Å². The normalized spacial score (nSPS) is 11.6. The third-order valence-corrected chi connectivity index (χ3v) is 3.90. The molecule has 25 heavy (non-hydrogen) atoms. The number of rotatable bonds is 7. The van der Waals surface area contributed by atoms with Gasteiger partial charge in [0.25, 0.3) is 5.91 Å². The number of hydrogen-bond donors (Lipinski definition) is 2. The molecule has 0 spiro atoms. The molecule has 2 aromatic rings. The number of anilines is 1. The minimum Gasteiger partial charge on any atom is -0.462 e. The second-order valence-electron chi connectivity index (χ2n) is 6.08. The SMILES string of the molecule is CCOC(=O)c1ccc(NC(=O)C[NH+](C)Cc2ccccc2C)cc1. The molecule has 132 valence electrons. The van der Waals surface area contributed by atoms with E-state index in [9.17, 15) is 9.59 Å². The largest absolute Gasteiger partial charge is 0.462 e. The van der Waals surface area contributed by atoms with Crippen LogP contribution in [0.5, 0.6) is 0 Å². The molecule has 0 radical (unpaired) electrons. The lowest BCUT2D eigenvalue weighted by Crippen LogP contribution is -3.08. The van der Waals surface area contributed by atoms with Crippen molar-refractivity contribution in [3.05, 3.63) is 65.2 Å². The molecule has 1 amide bonds. The molecule has 0 aliphatic carbocycles. The van der Waals surface area contributed by atoms with Gasteiger partial charge in [-0.05, 0) is 43.7 Å². The van der Waals surface area contributed by atoms with E-state index in [2.05, 4.69) is 24.4 Å². The summed E-state index contributed by atoms with van der Waals surface area (Å²) in [6, 6.07) is 14.9. The lowest BCUT2D eigenvalue weighted by molar-refractivity contribution is -0.885. The minimum atomic E-state index is -0.359. The molecule has 0 aliphatic rings. The van der Waals surface area contributed by atoms with E-state index in [-0.39, 0.29) is 11.9 Å². The van der Waals surface area contributed by atoms with E-state index >= 15 is 0 Å². The van der Waals surface area contributed by atoms with Crippen molar-refractivity contribution in [2.24, 2.45) is 0 Å². The highest BCUT2D eigenvalue weighted by molar-refractivity contribution is 5.93. The molecular formula is C20H25N2O3+. The van der Waals surface area contributed by atoms with Gasteiger partial charge in [-0.3, -0.25) is 4.79 Å². The molecule has 1 unspecified atom stereocenters. The Kier molecular flexibility index (Phi) is 6.71. The monoisotopic (exact) mass is 341 g/mol. The van der Waals surface area contributed by atoms with Crippen molar-refractivity contribution in [2.45, 2.75) is 20.4 Å². The van der Waals surface area contributed by atoms with Gasteiger partial charge in [0, 0.05) is 11.3 Å². The average Bonchev–Trinajstić information content (AvgIpc) is 2.57. The van der Waals surface area contributed by atoms with E-state index in [1.807, 2.05) is 19.2 Å². The van der Waals surface area contributed by atoms with E-state index in [0.29, 0.717) is 24.4 Å². The lowest BCUT2D eigenvalue weighted by Gasteiger charge is -2.15. The van der Waals surface area contributed by atoms with Crippen molar-refractivity contribution >= 4 is 17.6 Å². The summed E-state index contributed by atoms with van der Waals surface area (Å²) in [5.41, 5.74) is 3.62. The summed E-state index contributed by atoms with van der Waals surface area (Å²) in [6.45, 7) is 5.35. The first-order valence-electron chi connectivity index (χ1n) is 8.42. The van der Waals surface area contributed by atoms with Crippen molar-refractivity contribution < 1.29 is 19.2 Å². The number of hydrogen-bond acceptors (Lipinski definition) is 3. The quantitative estimate of drug-likeness (QED) is 0.756. The van der Waals surface area contributed by atoms with Gasteiger partial charge < -0.3 is 15.0 Å². The zero-order chi connectivity index (χ0) is 18.2. The zero-order valence-electron chi connectivity index (χ0n) is 15.0. The molecule has 0 heterocycles. The topological polar surface area (TPSA) is 59.8 Å². The average molecular weight is 341 g/mol. The van der Waals surface area contributed by atoms with Gasteiger partial charge in [-0.2, -0.15) is 0 Å². The van der Waals surface area contributed by atoms with Crippen LogP contribution in [0.2, 0.25) is 0 Å². The number of esters is 1. The molecule has 0 saturated heterocycles. The van der Waals surface area contributed by atoms with Crippen LogP contribution in [0.3, 0.4) is 0 Å². The third-order valence-electron chi connectivity index (χ3n) is 3.90. The Morgan fingerprint density at radius 3 is 2.40 bits per heavy atom. The van der Waals surface area contributed by atoms with E-state index in [1.165, 1.54) is 11.1 Å². The maximum Gasteiger partial charge on any atom is 0.338 e. The molecule has 0 fully saturated rings. The van der Waals surface area contributed by atoms with Gasteiger partial charge in [0.05, 0.1) is 19.2 Å². The van der Waals surface area contributed by atoms with Crippen LogP contribution in [-0.2, 0) is 16.1 Å². The molecule has 0 bridgehead atoms. The lowest BCUT2D eigenvalue weighted by atomic mass is 10.1. The minimum absolute atomic E-state index is 0.0602. The summed E-state index contributed by atoms with van der Waals surface area (Å²) in [5, 5.41) is 2.86. The number of likely N-dealkylation sites (N-methyl/N-ethyl adjacent to an activating group) is 1. The van der Waals surface area contributed by atoms with Crippen molar-refractivity contribution in [3.63, 3.8) is 0 Å². The molecule has 0 saturated carbocycles. The van der Waals surface area contributed by atoms with Crippen LogP contribution in [0.1, 0.15) is 28.4 Å². The Balaban J connectivity index is 1.87. The molecule has 5 heteroatoms. The zero-order valence-corrected chi connectivity index (χ0v) is 15.0. The molecule has 2 rings (SSSR count). The Hall–Kier alpha value is -2.66. The standard InChI is InChI=1S/C20H24N2O3/c1-4-25-20(24)16-9-11-18(12-10-16)21-19(23)14-22(3)13-17-8-6-5-7-15(17)2/h5-12H,4,13-14H2,1-3H3,(H,21,23)/p+1. The van der Waals surface area contributed by atoms with Crippen molar-refractivity contribution in [1.82, 2.24) is 0 Å². The molecule has 2 N–H and O–H groups in total. The van der Waals surface area contributed by atoms with E-state index in [4.69, 9.17) is 4.74 Å². The second-order valence-corrected chi connectivity index (χ2v) is 6.08. The summed E-state index contributed by atoms with van der Waals surface area (Å²) in [7, 11) is 2.00. The van der Waals surface area contributed by atoms with Gasteiger partial charge in [-0.25, -0.2) is 4.79 Å². The predicted octanol–water partition coefficient (Wildman–Crippen LogP) is 1.83. The van der Waals surface area contributed by atoms with Gasteiger partial charge in [-0.15, -0.1) is 0 Å².